The topological polar surface area (TPSA) is 205 Å². The molecule has 14 nitrogen and oxygen atoms in total. The highest BCUT2D eigenvalue weighted by atomic mass is 35.5. The minimum absolute atomic E-state index is 0.0121. The highest BCUT2D eigenvalue weighted by Gasteiger charge is 2.46. The highest BCUT2D eigenvalue weighted by molar-refractivity contribution is 7.70. The zero-order valence-electron chi connectivity index (χ0n) is 19.5. The molecule has 1 unspecified atom stereocenters. The number of aliphatic hydroxyl groups is 2. The molecule has 0 spiro atoms. The van der Waals surface area contributed by atoms with Crippen LogP contribution in [0.2, 0.25) is 5.28 Å². The Balaban J connectivity index is 1.49. The second-order valence-corrected chi connectivity index (χ2v) is 12.8. The van der Waals surface area contributed by atoms with Gasteiger partial charge in [0.2, 0.25) is 17.5 Å². The summed E-state index contributed by atoms with van der Waals surface area (Å²) >= 11 is 6.08. The van der Waals surface area contributed by atoms with E-state index in [1.54, 1.807) is 31.2 Å². The molecule has 1 aromatic carbocycles. The van der Waals surface area contributed by atoms with Gasteiger partial charge in [0, 0.05) is 11.6 Å². The van der Waals surface area contributed by atoms with Gasteiger partial charge < -0.3 is 44.2 Å². The molecule has 18 heteroatoms. The lowest BCUT2D eigenvalue weighted by molar-refractivity contribution is -0.117. The maximum absolute atomic E-state index is 14.2. The molecular weight excluding hydrogens is 573 g/mol. The molecule has 3 aromatic rings. The van der Waals surface area contributed by atoms with E-state index in [-0.39, 0.29) is 17.0 Å². The summed E-state index contributed by atoms with van der Waals surface area (Å²) < 4.78 is 54.0. The number of ether oxygens (including phenoxy) is 2. The monoisotopic (exact) mass is 596 g/mol. The van der Waals surface area contributed by atoms with Crippen LogP contribution in [-0.4, -0.2) is 76.6 Å². The molecule has 208 valence electrons. The van der Waals surface area contributed by atoms with E-state index in [1.165, 1.54) is 16.6 Å². The lowest BCUT2D eigenvalue weighted by Crippen LogP contribution is -2.36. The van der Waals surface area contributed by atoms with Gasteiger partial charge in [-0.15, -0.1) is 5.10 Å². The van der Waals surface area contributed by atoms with Crippen LogP contribution in [0.5, 0.6) is 5.88 Å². The molecule has 0 aliphatic carbocycles. The zero-order valence-corrected chi connectivity index (χ0v) is 22.1. The number of aliphatic hydroxyl groups excluding tert-OH is 2. The van der Waals surface area contributed by atoms with Crippen molar-refractivity contribution in [3.8, 4) is 5.88 Å². The van der Waals surface area contributed by atoms with Crippen LogP contribution in [0.4, 0.5) is 10.2 Å². The van der Waals surface area contributed by atoms with Crippen LogP contribution in [0.3, 0.4) is 0 Å². The van der Waals surface area contributed by atoms with Crippen LogP contribution in [0.25, 0.3) is 5.52 Å². The molecule has 0 radical (unpaired) electrons. The molecule has 0 bridgehead atoms. The fourth-order valence-electron chi connectivity index (χ4n) is 3.78. The van der Waals surface area contributed by atoms with Gasteiger partial charge in [-0.2, -0.15) is 9.50 Å². The maximum Gasteiger partial charge on any atom is 0.340 e. The van der Waals surface area contributed by atoms with E-state index in [4.69, 9.17) is 30.9 Å². The van der Waals surface area contributed by atoms with Gasteiger partial charge in [-0.05, 0) is 30.7 Å². The van der Waals surface area contributed by atoms with Crippen molar-refractivity contribution in [1.29, 1.82) is 0 Å². The second kappa shape index (κ2) is 11.1. The molecule has 0 saturated carbocycles. The molecule has 0 amide bonds. The first-order valence-electron chi connectivity index (χ1n) is 11.0. The molecule has 1 aliphatic heterocycles. The van der Waals surface area contributed by atoms with Crippen LogP contribution in [0.15, 0.2) is 36.4 Å². The Bertz CT molecular complexity index is 1410. The second-order valence-electron chi connectivity index (χ2n) is 8.47. The van der Waals surface area contributed by atoms with E-state index < -0.39 is 64.2 Å². The van der Waals surface area contributed by atoms with E-state index in [1.807, 2.05) is 0 Å². The van der Waals surface area contributed by atoms with Gasteiger partial charge >= 0.3 is 15.2 Å². The molecule has 6 atom stereocenters. The number of rotatable bonds is 10. The number of halogens is 2. The summed E-state index contributed by atoms with van der Waals surface area (Å²) in [7, 11) is -9.57. The van der Waals surface area contributed by atoms with Gasteiger partial charge in [0.05, 0.1) is 12.6 Å². The van der Waals surface area contributed by atoms with Crippen molar-refractivity contribution in [3.05, 3.63) is 53.1 Å². The predicted molar refractivity (Wildman–Crippen MR) is 130 cm³/mol. The first kappa shape index (κ1) is 28.8. The molecule has 1 aliphatic rings. The summed E-state index contributed by atoms with van der Waals surface area (Å²) in [5.41, 5.74) is 0.764. The minimum Gasteiger partial charge on any atom is -0.445 e. The third kappa shape index (κ3) is 6.69. The smallest absolute Gasteiger partial charge is 0.340 e. The number of nitrogens with one attached hydrogen (secondary N) is 1. The normalized spacial score (nSPS) is 24.3. The Hall–Kier alpha value is -2.16. The summed E-state index contributed by atoms with van der Waals surface area (Å²) in [6.07, 6.45) is -6.11. The van der Waals surface area contributed by atoms with Crippen LogP contribution >= 0.6 is 26.8 Å². The van der Waals surface area contributed by atoms with Gasteiger partial charge in [0.1, 0.15) is 29.6 Å². The lowest BCUT2D eigenvalue weighted by Gasteiger charge is -2.18. The van der Waals surface area contributed by atoms with Crippen molar-refractivity contribution in [2.45, 2.75) is 37.6 Å². The van der Waals surface area contributed by atoms with Crippen molar-refractivity contribution < 1.29 is 52.4 Å². The Labute approximate surface area is 219 Å². The molecular formula is C20H24ClFN4O10P2. The Kier molecular flexibility index (Phi) is 8.46. The zero-order chi connectivity index (χ0) is 27.8. The summed E-state index contributed by atoms with van der Waals surface area (Å²) in [4.78, 5) is 31.5. The summed E-state index contributed by atoms with van der Waals surface area (Å²) in [6, 6.07) is 8.72. The summed E-state index contributed by atoms with van der Waals surface area (Å²) in [6.45, 7) is 0.958. The SMILES string of the molecule is C[C@H](Nc1nc(Cl)nn2c(O[C@@H]3O[C@H](COP(=O)(O)CP(=O)(O)O)[C@@H](O)[C@H]3O)ccc12)c1ccccc1F. The van der Waals surface area contributed by atoms with Crippen LogP contribution < -0.4 is 10.1 Å². The minimum atomic E-state index is -4.85. The Morgan fingerprint density at radius 3 is 2.58 bits per heavy atom. The predicted octanol–water partition coefficient (Wildman–Crippen LogP) is 1.86. The van der Waals surface area contributed by atoms with Crippen LogP contribution in [0.1, 0.15) is 18.5 Å². The summed E-state index contributed by atoms with van der Waals surface area (Å²) in [5.74, 6) is -1.57. The van der Waals surface area contributed by atoms with Crippen molar-refractivity contribution in [2.24, 2.45) is 0 Å². The van der Waals surface area contributed by atoms with Crippen LogP contribution in [0, 0.1) is 5.82 Å². The Morgan fingerprint density at radius 1 is 1.18 bits per heavy atom. The van der Waals surface area contributed by atoms with Gasteiger partial charge in [0.15, 0.2) is 11.7 Å². The molecule has 1 saturated heterocycles. The third-order valence-corrected chi connectivity index (χ3v) is 9.15. The van der Waals surface area contributed by atoms with E-state index >= 15 is 0 Å². The number of nitrogens with zero attached hydrogens (tertiary/aromatic N) is 3. The van der Waals surface area contributed by atoms with E-state index in [0.717, 1.165) is 0 Å². The van der Waals surface area contributed by atoms with Gasteiger partial charge in [-0.25, -0.2) is 4.39 Å². The van der Waals surface area contributed by atoms with Gasteiger partial charge in [-0.3, -0.25) is 9.13 Å². The molecule has 2 aromatic heterocycles. The average molecular weight is 597 g/mol. The molecule has 6 N–H and O–H groups in total. The van der Waals surface area contributed by atoms with Crippen molar-refractivity contribution in [2.75, 3.05) is 17.8 Å². The molecule has 1 fully saturated rings. The third-order valence-electron chi connectivity index (χ3n) is 5.53. The van der Waals surface area contributed by atoms with E-state index in [0.29, 0.717) is 11.1 Å². The largest absolute Gasteiger partial charge is 0.445 e. The number of anilines is 1. The van der Waals surface area contributed by atoms with Crippen molar-refractivity contribution in [1.82, 2.24) is 14.6 Å². The average Bonchev–Trinajstić information content (AvgIpc) is 3.32. The fourth-order valence-corrected chi connectivity index (χ4v) is 6.51. The number of aromatic nitrogens is 3. The molecule has 38 heavy (non-hydrogen) atoms. The van der Waals surface area contributed by atoms with Crippen molar-refractivity contribution >= 4 is 38.1 Å². The fraction of sp³-hybridized carbons (Fsp3) is 0.400. The lowest BCUT2D eigenvalue weighted by atomic mass is 10.1. The standard InChI is InChI=1S/C20H24ClFN4O10P2/c1-10(11-4-2-3-5-12(11)22)23-18-13-6-7-15(26(13)25-20(21)24-18)36-19-17(28)16(27)14(35-19)8-34-38(32,33)9-37(29,30)31/h2-7,10,14,16-17,19,27-28H,8-9H2,1H3,(H,32,33)(H,23,24,25)(H2,29,30,31)/t10-,14+,16+,17+,19-/m0/s1. The first-order chi connectivity index (χ1) is 17.7. The quantitative estimate of drug-likeness (QED) is 0.185. The molecule has 4 rings (SSSR count). The van der Waals surface area contributed by atoms with Crippen LogP contribution in [-0.2, 0) is 18.4 Å². The number of benzene rings is 1. The number of hydrogen-bond acceptors (Lipinski definition) is 10. The molecule has 3 heterocycles. The van der Waals surface area contributed by atoms with E-state index in [9.17, 15) is 28.6 Å². The van der Waals surface area contributed by atoms with E-state index in [2.05, 4.69) is 19.9 Å². The number of fused-ring (bicyclic) bond motifs is 1. The highest BCUT2D eigenvalue weighted by Crippen LogP contribution is 2.55. The van der Waals surface area contributed by atoms with Gasteiger partial charge in [-0.1, -0.05) is 18.2 Å². The van der Waals surface area contributed by atoms with Crippen molar-refractivity contribution in [3.63, 3.8) is 0 Å². The summed E-state index contributed by atoms with van der Waals surface area (Å²) in [5, 5.41) is 27.6. The first-order valence-corrected chi connectivity index (χ1v) is 14.9. The number of hydrogen-bond donors (Lipinski definition) is 6. The maximum atomic E-state index is 14.2. The van der Waals surface area contributed by atoms with Gasteiger partial charge in [0.25, 0.3) is 0 Å². The Morgan fingerprint density at radius 2 is 1.89 bits per heavy atom.